The molecule has 32 heavy (non-hydrogen) atoms. The van der Waals surface area contributed by atoms with Crippen LogP contribution >= 0.6 is 0 Å². The minimum absolute atomic E-state index is 0.0193. The Balaban J connectivity index is 1.95. The fraction of sp³-hybridized carbons (Fsp3) is 0.348. The zero-order valence-electron chi connectivity index (χ0n) is 17.9. The molecule has 2 aromatic carbocycles. The molecule has 0 atom stereocenters. The number of hydrogen-bond acceptors (Lipinski definition) is 4. The summed E-state index contributed by atoms with van der Waals surface area (Å²) in [6, 6.07) is 12.3. The largest absolute Gasteiger partial charge is 0.416 e. The molecular formula is C23H25F3N4O2. The van der Waals surface area contributed by atoms with Gasteiger partial charge in [0.1, 0.15) is 5.69 Å². The van der Waals surface area contributed by atoms with Crippen LogP contribution in [0.3, 0.4) is 0 Å². The molecule has 9 heteroatoms. The van der Waals surface area contributed by atoms with Crippen LogP contribution in [0.5, 0.6) is 0 Å². The summed E-state index contributed by atoms with van der Waals surface area (Å²) >= 11 is 0. The van der Waals surface area contributed by atoms with Gasteiger partial charge in [0.25, 0.3) is 5.56 Å². The van der Waals surface area contributed by atoms with Crippen LogP contribution in [0, 0.1) is 0 Å². The molecular weight excluding hydrogens is 421 g/mol. The standard InChI is InChI=1S/C23H25F3N4O2/c1-29(2)13-12-27-21(31)11-9-18-22(32)30(15-16-6-4-3-5-7-16)20-10-8-17(23(24,25)26)14-19(20)28-18/h3-8,10,14H,9,11-13,15H2,1-2H3,(H,27,31). The van der Waals surface area contributed by atoms with Gasteiger partial charge in [0.15, 0.2) is 0 Å². The van der Waals surface area contributed by atoms with E-state index in [4.69, 9.17) is 0 Å². The van der Waals surface area contributed by atoms with E-state index in [1.54, 1.807) is 0 Å². The van der Waals surface area contributed by atoms with Gasteiger partial charge in [0.05, 0.1) is 23.1 Å². The Morgan fingerprint density at radius 3 is 2.50 bits per heavy atom. The molecule has 0 spiro atoms. The number of benzene rings is 2. The van der Waals surface area contributed by atoms with Crippen LogP contribution < -0.4 is 10.9 Å². The Kier molecular flexibility index (Phi) is 7.29. The molecule has 0 aliphatic carbocycles. The van der Waals surface area contributed by atoms with Crippen molar-refractivity contribution in [2.24, 2.45) is 0 Å². The smallest absolute Gasteiger partial charge is 0.355 e. The Morgan fingerprint density at radius 2 is 1.84 bits per heavy atom. The highest BCUT2D eigenvalue weighted by Crippen LogP contribution is 2.31. The topological polar surface area (TPSA) is 67.2 Å². The van der Waals surface area contributed by atoms with Gasteiger partial charge >= 0.3 is 6.18 Å². The predicted octanol–water partition coefficient (Wildman–Crippen LogP) is 3.07. The van der Waals surface area contributed by atoms with Crippen LogP contribution in [-0.2, 0) is 23.9 Å². The van der Waals surface area contributed by atoms with Gasteiger partial charge in [-0.1, -0.05) is 30.3 Å². The number of halogens is 3. The molecule has 1 amide bonds. The first-order valence-corrected chi connectivity index (χ1v) is 10.2. The summed E-state index contributed by atoms with van der Waals surface area (Å²) in [5.41, 5.74) is 0.0197. The first kappa shape index (κ1) is 23.5. The molecule has 6 nitrogen and oxygen atoms in total. The average Bonchev–Trinajstić information content (AvgIpc) is 2.74. The summed E-state index contributed by atoms with van der Waals surface area (Å²) in [4.78, 5) is 31.4. The Morgan fingerprint density at radius 1 is 1.12 bits per heavy atom. The molecule has 1 N–H and O–H groups in total. The molecule has 0 radical (unpaired) electrons. The number of rotatable bonds is 8. The van der Waals surface area contributed by atoms with E-state index in [1.807, 2.05) is 49.3 Å². The zero-order chi connectivity index (χ0) is 23.3. The van der Waals surface area contributed by atoms with Crippen molar-refractivity contribution in [3.63, 3.8) is 0 Å². The number of likely N-dealkylation sites (N-methyl/N-ethyl adjacent to an activating group) is 1. The number of carbonyl (C=O) groups excluding carboxylic acids is 1. The number of nitrogens with one attached hydrogen (secondary N) is 1. The van der Waals surface area contributed by atoms with Gasteiger partial charge in [-0.25, -0.2) is 4.98 Å². The molecule has 0 bridgehead atoms. The molecule has 0 unspecified atom stereocenters. The third-order valence-electron chi connectivity index (χ3n) is 4.99. The third-order valence-corrected chi connectivity index (χ3v) is 4.99. The van der Waals surface area contributed by atoms with Crippen LogP contribution in [0.15, 0.2) is 53.3 Å². The van der Waals surface area contributed by atoms with Crippen LogP contribution in [0.1, 0.15) is 23.2 Å². The fourth-order valence-corrected chi connectivity index (χ4v) is 3.30. The summed E-state index contributed by atoms with van der Waals surface area (Å²) in [7, 11) is 3.77. The van der Waals surface area contributed by atoms with Crippen molar-refractivity contribution in [1.29, 1.82) is 0 Å². The molecule has 1 aromatic heterocycles. The first-order chi connectivity index (χ1) is 15.1. The highest BCUT2D eigenvalue weighted by atomic mass is 19.4. The van der Waals surface area contributed by atoms with Crippen LogP contribution in [0.2, 0.25) is 0 Å². The number of carbonyl (C=O) groups is 1. The van der Waals surface area contributed by atoms with E-state index in [-0.39, 0.29) is 36.5 Å². The Labute approximate surface area is 183 Å². The van der Waals surface area contributed by atoms with Gasteiger partial charge in [-0.3, -0.25) is 9.59 Å². The highest BCUT2D eigenvalue weighted by Gasteiger charge is 2.31. The van der Waals surface area contributed by atoms with Crippen molar-refractivity contribution in [2.75, 3.05) is 27.2 Å². The van der Waals surface area contributed by atoms with Gasteiger partial charge in [0, 0.05) is 25.9 Å². The van der Waals surface area contributed by atoms with Crippen LogP contribution in [0.25, 0.3) is 11.0 Å². The van der Waals surface area contributed by atoms with Crippen molar-refractivity contribution in [1.82, 2.24) is 19.8 Å². The predicted molar refractivity (Wildman–Crippen MR) is 116 cm³/mol. The lowest BCUT2D eigenvalue weighted by Gasteiger charge is -2.14. The van der Waals surface area contributed by atoms with Crippen molar-refractivity contribution in [3.8, 4) is 0 Å². The van der Waals surface area contributed by atoms with E-state index < -0.39 is 17.3 Å². The van der Waals surface area contributed by atoms with Crippen molar-refractivity contribution >= 4 is 16.9 Å². The van der Waals surface area contributed by atoms with Gasteiger partial charge in [-0.2, -0.15) is 13.2 Å². The normalized spacial score (nSPS) is 11.8. The van der Waals surface area contributed by atoms with Crippen molar-refractivity contribution < 1.29 is 18.0 Å². The molecule has 170 valence electrons. The quantitative estimate of drug-likeness (QED) is 0.578. The van der Waals surface area contributed by atoms with E-state index in [1.165, 1.54) is 10.6 Å². The second-order valence-corrected chi connectivity index (χ2v) is 7.79. The number of fused-ring (bicyclic) bond motifs is 1. The molecule has 0 aliphatic heterocycles. The summed E-state index contributed by atoms with van der Waals surface area (Å²) in [5.74, 6) is -0.244. The molecule has 3 rings (SSSR count). The van der Waals surface area contributed by atoms with E-state index >= 15 is 0 Å². The molecule has 0 aliphatic rings. The average molecular weight is 446 g/mol. The third kappa shape index (κ3) is 5.94. The number of hydrogen-bond donors (Lipinski definition) is 1. The number of aromatic nitrogens is 2. The summed E-state index contributed by atoms with van der Waals surface area (Å²) in [6.07, 6.45) is -4.47. The van der Waals surface area contributed by atoms with Crippen LogP contribution in [0.4, 0.5) is 13.2 Å². The monoisotopic (exact) mass is 446 g/mol. The number of alkyl halides is 3. The lowest BCUT2D eigenvalue weighted by Crippen LogP contribution is -2.32. The van der Waals surface area contributed by atoms with Gasteiger partial charge < -0.3 is 14.8 Å². The van der Waals surface area contributed by atoms with Crippen molar-refractivity contribution in [2.45, 2.75) is 25.6 Å². The minimum Gasteiger partial charge on any atom is -0.355 e. The molecule has 3 aromatic rings. The van der Waals surface area contributed by atoms with Crippen molar-refractivity contribution in [3.05, 3.63) is 75.7 Å². The van der Waals surface area contributed by atoms with E-state index in [2.05, 4.69) is 10.3 Å². The summed E-state index contributed by atoms with van der Waals surface area (Å²) in [6.45, 7) is 1.32. The maximum Gasteiger partial charge on any atom is 0.416 e. The van der Waals surface area contributed by atoms with E-state index in [0.29, 0.717) is 18.6 Å². The van der Waals surface area contributed by atoms with E-state index in [9.17, 15) is 22.8 Å². The first-order valence-electron chi connectivity index (χ1n) is 10.2. The SMILES string of the molecule is CN(C)CCNC(=O)CCc1nc2cc(C(F)(F)F)ccc2n(Cc2ccccc2)c1=O. The molecule has 1 heterocycles. The Hall–Kier alpha value is -3.20. The highest BCUT2D eigenvalue weighted by molar-refractivity contribution is 5.77. The van der Waals surface area contributed by atoms with Crippen LogP contribution in [-0.4, -0.2) is 47.5 Å². The fourth-order valence-electron chi connectivity index (χ4n) is 3.30. The summed E-state index contributed by atoms with van der Waals surface area (Å²) in [5, 5.41) is 2.76. The van der Waals surface area contributed by atoms with E-state index in [0.717, 1.165) is 17.7 Å². The number of amides is 1. The molecule has 0 fully saturated rings. The van der Waals surface area contributed by atoms with Gasteiger partial charge in [-0.15, -0.1) is 0 Å². The minimum atomic E-state index is -4.53. The second kappa shape index (κ2) is 9.95. The number of aryl methyl sites for hydroxylation is 1. The summed E-state index contributed by atoms with van der Waals surface area (Å²) < 4.78 is 41.1. The Bertz CT molecular complexity index is 1140. The van der Waals surface area contributed by atoms with Gasteiger partial charge in [0.2, 0.25) is 5.91 Å². The maximum absolute atomic E-state index is 13.2. The second-order valence-electron chi connectivity index (χ2n) is 7.79. The zero-order valence-corrected chi connectivity index (χ0v) is 17.9. The molecule has 0 saturated carbocycles. The number of nitrogens with zero attached hydrogens (tertiary/aromatic N) is 3. The molecule has 0 saturated heterocycles. The lowest BCUT2D eigenvalue weighted by molar-refractivity contribution is -0.137. The lowest BCUT2D eigenvalue weighted by atomic mass is 10.1. The van der Waals surface area contributed by atoms with Gasteiger partial charge in [-0.05, 0) is 37.9 Å². The maximum atomic E-state index is 13.2.